The fourth-order valence-corrected chi connectivity index (χ4v) is 2.30. The fraction of sp³-hybridized carbons (Fsp3) is 0.812. The third kappa shape index (κ3) is 5.92. The van der Waals surface area contributed by atoms with Gasteiger partial charge in [0.2, 0.25) is 5.91 Å². The van der Waals surface area contributed by atoms with Gasteiger partial charge in [0, 0.05) is 6.04 Å². The van der Waals surface area contributed by atoms with Gasteiger partial charge in [-0.2, -0.15) is 5.26 Å². The van der Waals surface area contributed by atoms with E-state index in [1.807, 2.05) is 6.92 Å². The molecule has 6 nitrogen and oxygen atoms in total. The van der Waals surface area contributed by atoms with E-state index in [0.29, 0.717) is 6.42 Å². The monoisotopic (exact) mass is 309 g/mol. The van der Waals surface area contributed by atoms with Crippen LogP contribution in [0.25, 0.3) is 0 Å². The van der Waals surface area contributed by atoms with Crippen molar-refractivity contribution in [3.8, 4) is 6.07 Å². The molecule has 0 aliphatic heterocycles. The first kappa shape index (κ1) is 18.3. The van der Waals surface area contributed by atoms with Crippen LogP contribution in [0.4, 0.5) is 4.79 Å². The van der Waals surface area contributed by atoms with Crippen LogP contribution in [-0.4, -0.2) is 29.7 Å². The smallest absolute Gasteiger partial charge is 0.408 e. The lowest BCUT2D eigenvalue weighted by Crippen LogP contribution is -2.55. The predicted molar refractivity (Wildman–Crippen MR) is 83.0 cm³/mol. The van der Waals surface area contributed by atoms with Crippen LogP contribution < -0.4 is 10.6 Å². The molecule has 0 heterocycles. The second kappa shape index (κ2) is 8.02. The number of hydrogen-bond acceptors (Lipinski definition) is 4. The lowest BCUT2D eigenvalue weighted by molar-refractivity contribution is -0.126. The highest BCUT2D eigenvalue weighted by molar-refractivity contribution is 5.86. The fourth-order valence-electron chi connectivity index (χ4n) is 2.30. The summed E-state index contributed by atoms with van der Waals surface area (Å²) in [5.74, 6) is -0.0789. The van der Waals surface area contributed by atoms with Gasteiger partial charge in [-0.1, -0.05) is 13.3 Å². The number of ether oxygens (including phenoxy) is 1. The Bertz CT molecular complexity index is 433. The summed E-state index contributed by atoms with van der Waals surface area (Å²) in [6.07, 6.45) is 3.29. The number of nitrogens with one attached hydrogen (secondary N) is 2. The van der Waals surface area contributed by atoms with Gasteiger partial charge < -0.3 is 15.4 Å². The minimum atomic E-state index is -0.600. The van der Waals surface area contributed by atoms with Crippen LogP contribution in [0.15, 0.2) is 0 Å². The Morgan fingerprint density at radius 3 is 2.36 bits per heavy atom. The van der Waals surface area contributed by atoms with E-state index in [9.17, 15) is 9.59 Å². The minimum Gasteiger partial charge on any atom is -0.444 e. The standard InChI is InChI=1S/C16H27N3O3/c1-5-12(9-10-17)18-14(20)13(11-7-6-8-11)19-15(21)22-16(2,3)4/h11-13H,5-9H2,1-4H3,(H,18,20)(H,19,21). The molecule has 2 N–H and O–H groups in total. The molecule has 1 aliphatic carbocycles. The Hall–Kier alpha value is -1.77. The van der Waals surface area contributed by atoms with Crippen LogP contribution in [-0.2, 0) is 9.53 Å². The largest absolute Gasteiger partial charge is 0.444 e. The van der Waals surface area contributed by atoms with Crippen molar-refractivity contribution in [1.82, 2.24) is 10.6 Å². The molecule has 6 heteroatoms. The lowest BCUT2D eigenvalue weighted by atomic mass is 9.79. The number of amides is 2. The number of alkyl carbamates (subject to hydrolysis) is 1. The average molecular weight is 309 g/mol. The molecule has 1 aliphatic rings. The zero-order valence-corrected chi connectivity index (χ0v) is 13.9. The molecular weight excluding hydrogens is 282 g/mol. The molecule has 2 atom stereocenters. The van der Waals surface area contributed by atoms with Crippen molar-refractivity contribution < 1.29 is 14.3 Å². The highest BCUT2D eigenvalue weighted by Gasteiger charge is 2.35. The highest BCUT2D eigenvalue weighted by Crippen LogP contribution is 2.30. The second-order valence-electron chi connectivity index (χ2n) is 6.79. The van der Waals surface area contributed by atoms with E-state index in [1.54, 1.807) is 20.8 Å². The Morgan fingerprint density at radius 1 is 1.32 bits per heavy atom. The van der Waals surface area contributed by atoms with Crippen molar-refractivity contribution in [1.29, 1.82) is 5.26 Å². The SMILES string of the molecule is CCC(CC#N)NC(=O)C(NC(=O)OC(C)(C)C)C1CCC1. The van der Waals surface area contributed by atoms with Gasteiger partial charge in [-0.05, 0) is 46.0 Å². The quantitative estimate of drug-likeness (QED) is 0.788. The summed E-state index contributed by atoms with van der Waals surface area (Å²) in [5, 5.41) is 14.3. The summed E-state index contributed by atoms with van der Waals surface area (Å²) in [5.41, 5.74) is -0.600. The minimum absolute atomic E-state index is 0.145. The first-order chi connectivity index (χ1) is 10.3. The van der Waals surface area contributed by atoms with Gasteiger partial charge in [0.15, 0.2) is 0 Å². The summed E-state index contributed by atoms with van der Waals surface area (Å²) >= 11 is 0. The zero-order valence-electron chi connectivity index (χ0n) is 13.9. The van der Waals surface area contributed by atoms with E-state index >= 15 is 0 Å². The molecule has 0 aromatic rings. The Morgan fingerprint density at radius 2 is 1.95 bits per heavy atom. The lowest BCUT2D eigenvalue weighted by Gasteiger charge is -2.34. The van der Waals surface area contributed by atoms with E-state index in [4.69, 9.17) is 10.00 Å². The molecule has 0 bridgehead atoms. The normalized spacial score (nSPS) is 17.6. The topological polar surface area (TPSA) is 91.2 Å². The van der Waals surface area contributed by atoms with Gasteiger partial charge in [0.1, 0.15) is 11.6 Å². The molecule has 0 aromatic carbocycles. The van der Waals surface area contributed by atoms with E-state index in [-0.39, 0.29) is 24.3 Å². The third-order valence-electron chi connectivity index (χ3n) is 3.75. The van der Waals surface area contributed by atoms with Crippen molar-refractivity contribution in [2.75, 3.05) is 0 Å². The van der Waals surface area contributed by atoms with Crippen LogP contribution in [0.2, 0.25) is 0 Å². The van der Waals surface area contributed by atoms with E-state index < -0.39 is 17.7 Å². The molecule has 2 amide bonds. The van der Waals surface area contributed by atoms with Gasteiger partial charge in [-0.25, -0.2) is 4.79 Å². The van der Waals surface area contributed by atoms with Crippen molar-refractivity contribution in [3.05, 3.63) is 0 Å². The van der Waals surface area contributed by atoms with Crippen molar-refractivity contribution >= 4 is 12.0 Å². The number of carbonyl (C=O) groups excluding carboxylic acids is 2. The van der Waals surface area contributed by atoms with Gasteiger partial charge in [-0.15, -0.1) is 0 Å². The summed E-state index contributed by atoms with van der Waals surface area (Å²) in [6.45, 7) is 7.27. The van der Waals surface area contributed by atoms with Gasteiger partial charge in [0.25, 0.3) is 0 Å². The van der Waals surface area contributed by atoms with Crippen LogP contribution in [0.3, 0.4) is 0 Å². The third-order valence-corrected chi connectivity index (χ3v) is 3.75. The number of nitrogens with zero attached hydrogens (tertiary/aromatic N) is 1. The molecule has 22 heavy (non-hydrogen) atoms. The van der Waals surface area contributed by atoms with E-state index in [1.165, 1.54) is 0 Å². The van der Waals surface area contributed by atoms with Crippen molar-refractivity contribution in [3.63, 3.8) is 0 Å². The summed E-state index contributed by atoms with van der Waals surface area (Å²) in [6, 6.07) is 1.30. The second-order valence-corrected chi connectivity index (χ2v) is 6.79. The van der Waals surface area contributed by atoms with Crippen molar-refractivity contribution in [2.24, 2.45) is 5.92 Å². The molecule has 0 saturated heterocycles. The molecule has 0 aromatic heterocycles. The molecule has 0 radical (unpaired) electrons. The van der Waals surface area contributed by atoms with E-state index in [2.05, 4.69) is 16.7 Å². The molecule has 0 spiro atoms. The van der Waals surface area contributed by atoms with Crippen LogP contribution in [0, 0.1) is 17.2 Å². The van der Waals surface area contributed by atoms with E-state index in [0.717, 1.165) is 19.3 Å². The average Bonchev–Trinajstić information content (AvgIpc) is 2.32. The molecule has 1 fully saturated rings. The summed E-state index contributed by atoms with van der Waals surface area (Å²) in [7, 11) is 0. The summed E-state index contributed by atoms with van der Waals surface area (Å²) < 4.78 is 5.23. The maximum Gasteiger partial charge on any atom is 0.408 e. The van der Waals surface area contributed by atoms with Gasteiger partial charge in [0.05, 0.1) is 12.5 Å². The van der Waals surface area contributed by atoms with Gasteiger partial charge in [-0.3, -0.25) is 4.79 Å². The Balaban J connectivity index is 2.66. The number of hydrogen-bond donors (Lipinski definition) is 2. The first-order valence-corrected chi connectivity index (χ1v) is 7.93. The van der Waals surface area contributed by atoms with Crippen molar-refractivity contribution in [2.45, 2.75) is 77.5 Å². The Kier molecular flexibility index (Phi) is 6.66. The number of rotatable bonds is 6. The molecule has 2 unspecified atom stereocenters. The first-order valence-electron chi connectivity index (χ1n) is 7.93. The number of carbonyl (C=O) groups is 2. The van der Waals surface area contributed by atoms with Crippen LogP contribution in [0.1, 0.15) is 59.8 Å². The number of nitriles is 1. The van der Waals surface area contributed by atoms with Crippen LogP contribution in [0.5, 0.6) is 0 Å². The van der Waals surface area contributed by atoms with Crippen LogP contribution >= 0.6 is 0 Å². The highest BCUT2D eigenvalue weighted by atomic mass is 16.6. The molecule has 1 saturated carbocycles. The predicted octanol–water partition coefficient (Wildman–Crippen LogP) is 2.49. The Labute approximate surface area is 132 Å². The molecule has 124 valence electrons. The molecular formula is C16H27N3O3. The maximum atomic E-state index is 12.4. The van der Waals surface area contributed by atoms with Gasteiger partial charge >= 0.3 is 6.09 Å². The maximum absolute atomic E-state index is 12.4. The summed E-state index contributed by atoms with van der Waals surface area (Å²) in [4.78, 5) is 24.4. The zero-order chi connectivity index (χ0) is 16.8. The molecule has 1 rings (SSSR count).